The second-order valence-electron chi connectivity index (χ2n) is 5.89. The molecular weight excluding hydrogens is 361 g/mol. The van der Waals surface area contributed by atoms with E-state index in [9.17, 15) is 12.8 Å². The van der Waals surface area contributed by atoms with E-state index in [0.717, 1.165) is 32.5 Å². The van der Waals surface area contributed by atoms with Crippen LogP contribution in [0.1, 0.15) is 11.6 Å². The molecule has 0 fully saturated rings. The van der Waals surface area contributed by atoms with Gasteiger partial charge in [0.25, 0.3) is 0 Å². The molecule has 0 aliphatic carbocycles. The highest BCUT2D eigenvalue weighted by Crippen LogP contribution is 2.35. The number of hydrogen-bond acceptors (Lipinski definition) is 2. The van der Waals surface area contributed by atoms with E-state index in [-0.39, 0.29) is 11.9 Å². The van der Waals surface area contributed by atoms with Gasteiger partial charge in [0, 0.05) is 35.5 Å². The highest BCUT2D eigenvalue weighted by atomic mass is 32.2. The Balaban J connectivity index is 1.76. The number of fused-ring (bicyclic) bond motifs is 2. The van der Waals surface area contributed by atoms with E-state index < -0.39 is 22.0 Å². The number of rotatable bonds is 4. The number of aromatic amines is 1. The third kappa shape index (κ3) is 3.06. The van der Waals surface area contributed by atoms with E-state index in [1.807, 2.05) is 24.4 Å². The predicted molar refractivity (Wildman–Crippen MR) is 98.0 cm³/mol. The lowest BCUT2D eigenvalue weighted by molar-refractivity contribution is 0.627. The number of hydrogen-bond donors (Lipinski definition) is 3. The molecule has 0 saturated heterocycles. The molecule has 2 aromatic carbocycles. The van der Waals surface area contributed by atoms with Crippen molar-refractivity contribution in [2.75, 3.05) is 12.8 Å². The van der Waals surface area contributed by atoms with Crippen LogP contribution in [0, 0.1) is 5.82 Å². The summed E-state index contributed by atoms with van der Waals surface area (Å²) >= 11 is 0. The van der Waals surface area contributed by atoms with Gasteiger partial charge in [-0.15, -0.1) is 0 Å². The summed E-state index contributed by atoms with van der Waals surface area (Å²) in [4.78, 5) is 3.83. The van der Waals surface area contributed by atoms with Crippen LogP contribution in [0.15, 0.2) is 47.5 Å². The minimum absolute atomic E-state index is 0.178. The van der Waals surface area contributed by atoms with Crippen molar-refractivity contribution < 1.29 is 12.8 Å². The van der Waals surface area contributed by atoms with Crippen molar-refractivity contribution >= 4 is 32.9 Å². The van der Waals surface area contributed by atoms with Crippen LogP contribution in [-0.2, 0) is 22.0 Å². The average molecular weight is 377 g/mol. The molecule has 1 aliphatic rings. The maximum absolute atomic E-state index is 13.4. The zero-order valence-electron chi connectivity index (χ0n) is 13.3. The summed E-state index contributed by atoms with van der Waals surface area (Å²) in [5.74, 6) is -0.284. The Kier molecular flexibility index (Phi) is 4.28. The van der Waals surface area contributed by atoms with Gasteiger partial charge >= 0.3 is 0 Å². The number of halogens is 1. The van der Waals surface area contributed by atoms with Crippen LogP contribution in [0.25, 0.3) is 22.0 Å². The van der Waals surface area contributed by atoms with Crippen LogP contribution in [-0.4, -0.2) is 26.2 Å². The third-order valence-corrected chi connectivity index (χ3v) is 6.12. The summed E-state index contributed by atoms with van der Waals surface area (Å²) in [6.07, 6.45) is 3.41. The summed E-state index contributed by atoms with van der Waals surface area (Å²) in [7, 11) is -2.41. The molecule has 0 bridgehead atoms. The maximum atomic E-state index is 13.4. The molecule has 25 heavy (non-hydrogen) atoms. The average Bonchev–Trinajstić information content (AvgIpc) is 3.13. The second kappa shape index (κ2) is 6.45. The van der Waals surface area contributed by atoms with Crippen LogP contribution < -0.4 is 9.44 Å². The molecule has 1 aromatic heterocycles. The minimum Gasteiger partial charge on any atom is -0.360 e. The molecule has 0 saturated carbocycles. The van der Waals surface area contributed by atoms with Crippen LogP contribution in [0.4, 0.5) is 4.39 Å². The van der Waals surface area contributed by atoms with Gasteiger partial charge in [-0.25, -0.2) is 22.3 Å². The van der Waals surface area contributed by atoms with Crippen molar-refractivity contribution in [2.24, 2.45) is 0 Å². The molecule has 1 aliphatic heterocycles. The van der Waals surface area contributed by atoms with Gasteiger partial charge in [0.15, 0.2) is 0 Å². The highest BCUT2D eigenvalue weighted by molar-refractivity contribution is 7.83. The zero-order chi connectivity index (χ0) is 17.6. The Labute approximate surface area is 149 Å². The lowest BCUT2D eigenvalue weighted by Gasteiger charge is -2.11. The fraction of sp³-hybridized carbons (Fsp3) is 0.176. The van der Waals surface area contributed by atoms with Crippen molar-refractivity contribution in [1.29, 1.82) is 0 Å². The molecule has 0 amide bonds. The smallest absolute Gasteiger partial charge is 0.125 e. The standard InChI is InChI=1S/C17H16FN3O2S2/c1-24(22)20-9-16-13-6-10(2-5-17(13)25(23)21-16)14-8-19-15-7-11(18)3-4-12(14)15/h2-8,16,19-21H,9H2,1H3. The van der Waals surface area contributed by atoms with Crippen LogP contribution in [0.2, 0.25) is 0 Å². The Morgan fingerprint density at radius 1 is 1.28 bits per heavy atom. The van der Waals surface area contributed by atoms with Crippen molar-refractivity contribution in [3.63, 3.8) is 0 Å². The van der Waals surface area contributed by atoms with E-state index in [1.54, 1.807) is 12.3 Å². The number of aromatic nitrogens is 1. The van der Waals surface area contributed by atoms with E-state index in [2.05, 4.69) is 14.4 Å². The molecule has 3 N–H and O–H groups in total. The molecule has 4 rings (SSSR count). The normalized spacial score (nSPS) is 20.7. The van der Waals surface area contributed by atoms with Crippen LogP contribution in [0.5, 0.6) is 0 Å². The topological polar surface area (TPSA) is 74.0 Å². The molecule has 0 spiro atoms. The zero-order valence-corrected chi connectivity index (χ0v) is 15.0. The Hall–Kier alpha value is -1.87. The van der Waals surface area contributed by atoms with E-state index in [4.69, 9.17) is 0 Å². The van der Waals surface area contributed by atoms with Crippen LogP contribution >= 0.6 is 0 Å². The molecule has 3 unspecified atom stereocenters. The first-order valence-corrected chi connectivity index (χ1v) is 10.4. The number of benzene rings is 2. The molecule has 130 valence electrons. The maximum Gasteiger partial charge on any atom is 0.125 e. The first kappa shape index (κ1) is 16.6. The number of H-pyrrole nitrogens is 1. The summed E-state index contributed by atoms with van der Waals surface area (Å²) in [6.45, 7) is 0.421. The number of nitrogens with one attached hydrogen (secondary N) is 3. The lowest BCUT2D eigenvalue weighted by Crippen LogP contribution is -2.28. The third-order valence-electron chi connectivity index (χ3n) is 4.28. The lowest BCUT2D eigenvalue weighted by atomic mass is 9.99. The Morgan fingerprint density at radius 3 is 2.92 bits per heavy atom. The van der Waals surface area contributed by atoms with E-state index >= 15 is 0 Å². The first-order chi connectivity index (χ1) is 12.0. The molecular formula is C17H16FN3O2S2. The Morgan fingerprint density at radius 2 is 2.12 bits per heavy atom. The van der Waals surface area contributed by atoms with Gasteiger partial charge in [0.1, 0.15) is 16.8 Å². The van der Waals surface area contributed by atoms with E-state index in [1.165, 1.54) is 12.1 Å². The van der Waals surface area contributed by atoms with Gasteiger partial charge in [-0.05, 0) is 41.5 Å². The van der Waals surface area contributed by atoms with Gasteiger partial charge in [-0.1, -0.05) is 6.07 Å². The molecule has 2 heterocycles. The van der Waals surface area contributed by atoms with Gasteiger partial charge in [0.05, 0.1) is 21.9 Å². The monoisotopic (exact) mass is 377 g/mol. The van der Waals surface area contributed by atoms with Crippen molar-refractivity contribution in [3.8, 4) is 11.1 Å². The molecule has 0 radical (unpaired) electrons. The van der Waals surface area contributed by atoms with Crippen molar-refractivity contribution in [2.45, 2.75) is 10.9 Å². The summed E-state index contributed by atoms with van der Waals surface area (Å²) in [5.41, 5.74) is 3.57. The van der Waals surface area contributed by atoms with Gasteiger partial charge in [-0.3, -0.25) is 0 Å². The highest BCUT2D eigenvalue weighted by Gasteiger charge is 2.28. The second-order valence-corrected chi connectivity index (χ2v) is 8.30. The summed E-state index contributed by atoms with van der Waals surface area (Å²) < 4.78 is 42.8. The van der Waals surface area contributed by atoms with Crippen LogP contribution in [0.3, 0.4) is 0 Å². The minimum atomic E-state index is -1.27. The van der Waals surface area contributed by atoms with Gasteiger partial charge < -0.3 is 4.98 Å². The largest absolute Gasteiger partial charge is 0.360 e. The molecule has 3 aromatic rings. The molecule has 5 nitrogen and oxygen atoms in total. The van der Waals surface area contributed by atoms with E-state index in [0.29, 0.717) is 6.54 Å². The SMILES string of the molecule is CS(=O)NCC1NS(=O)c2ccc(-c3c[nH]c4cc(F)ccc34)cc21. The van der Waals surface area contributed by atoms with Crippen molar-refractivity contribution in [1.82, 2.24) is 14.4 Å². The quantitative estimate of drug-likeness (QED) is 0.654. The summed E-state index contributed by atoms with van der Waals surface area (Å²) in [6, 6.07) is 10.2. The fourth-order valence-electron chi connectivity index (χ4n) is 3.10. The molecule has 8 heteroatoms. The van der Waals surface area contributed by atoms with Gasteiger partial charge in [0.2, 0.25) is 0 Å². The first-order valence-electron chi connectivity index (χ1n) is 7.69. The fourth-order valence-corrected chi connectivity index (χ4v) is 4.71. The molecule has 3 atom stereocenters. The summed E-state index contributed by atoms with van der Waals surface area (Å²) in [5, 5.41) is 0.928. The van der Waals surface area contributed by atoms with Crippen molar-refractivity contribution in [3.05, 3.63) is 54.0 Å². The predicted octanol–water partition coefficient (Wildman–Crippen LogP) is 2.52. The Bertz CT molecular complexity index is 1020. The van der Waals surface area contributed by atoms with Gasteiger partial charge in [-0.2, -0.15) is 0 Å².